The quantitative estimate of drug-likeness (QED) is 0.774. The van der Waals surface area contributed by atoms with E-state index in [2.05, 4.69) is 4.72 Å². The average Bonchev–Trinajstić information content (AvgIpc) is 2.18. The molecule has 0 aromatic heterocycles. The van der Waals surface area contributed by atoms with Crippen LogP contribution in [0.5, 0.6) is 0 Å². The first-order chi connectivity index (χ1) is 6.47. The van der Waals surface area contributed by atoms with Gasteiger partial charge in [0.2, 0.25) is 10.0 Å². The highest BCUT2D eigenvalue weighted by Crippen LogP contribution is 2.13. The Bertz CT molecular complexity index is 395. The van der Waals surface area contributed by atoms with Crippen molar-refractivity contribution in [1.82, 2.24) is 4.72 Å². The van der Waals surface area contributed by atoms with Gasteiger partial charge in [0.15, 0.2) is 0 Å². The predicted octanol–water partition coefficient (Wildman–Crippen LogP) is 0.614. The third kappa shape index (κ3) is 2.31. The Morgan fingerprint density at radius 3 is 2.14 bits per heavy atom. The molecule has 0 fully saturated rings. The molecule has 14 heavy (non-hydrogen) atoms. The summed E-state index contributed by atoms with van der Waals surface area (Å²) in [7, 11) is -1.95. The van der Waals surface area contributed by atoms with Crippen LogP contribution in [0.4, 0.5) is 0 Å². The van der Waals surface area contributed by atoms with Crippen LogP contribution < -0.4 is 10.5 Å². The highest BCUT2D eigenvalue weighted by Gasteiger charge is 2.10. The molecule has 1 aromatic rings. The molecule has 1 atom stereocenters. The molecule has 0 aliphatic rings. The summed E-state index contributed by atoms with van der Waals surface area (Å²) in [5.74, 6) is 0. The Hall–Kier alpha value is -0.910. The molecule has 0 heterocycles. The first-order valence-corrected chi connectivity index (χ1v) is 5.75. The smallest absolute Gasteiger partial charge is 0.240 e. The largest absolute Gasteiger partial charge is 0.324 e. The zero-order valence-corrected chi connectivity index (χ0v) is 9.01. The van der Waals surface area contributed by atoms with Crippen molar-refractivity contribution in [2.75, 3.05) is 7.05 Å². The lowest BCUT2D eigenvalue weighted by Crippen LogP contribution is -2.18. The first kappa shape index (κ1) is 11.2. The minimum atomic E-state index is -3.33. The van der Waals surface area contributed by atoms with E-state index in [4.69, 9.17) is 5.73 Å². The van der Waals surface area contributed by atoms with Crippen LogP contribution in [0.2, 0.25) is 0 Å². The van der Waals surface area contributed by atoms with Crippen LogP contribution in [0, 0.1) is 0 Å². The molecule has 0 saturated heterocycles. The third-order valence-electron chi connectivity index (χ3n) is 1.98. The van der Waals surface area contributed by atoms with Gasteiger partial charge in [0.05, 0.1) is 4.90 Å². The fourth-order valence-corrected chi connectivity index (χ4v) is 1.80. The average molecular weight is 214 g/mol. The number of rotatable bonds is 3. The molecule has 0 saturated carbocycles. The van der Waals surface area contributed by atoms with Crippen LogP contribution in [-0.2, 0) is 10.0 Å². The van der Waals surface area contributed by atoms with Gasteiger partial charge in [-0.1, -0.05) is 12.1 Å². The topological polar surface area (TPSA) is 72.2 Å². The second kappa shape index (κ2) is 4.08. The third-order valence-corrected chi connectivity index (χ3v) is 3.42. The van der Waals surface area contributed by atoms with Crippen LogP contribution in [0.3, 0.4) is 0 Å². The van der Waals surface area contributed by atoms with E-state index in [1.165, 1.54) is 7.05 Å². The molecule has 5 heteroatoms. The maximum Gasteiger partial charge on any atom is 0.240 e. The summed E-state index contributed by atoms with van der Waals surface area (Å²) in [6.45, 7) is 1.85. The zero-order valence-electron chi connectivity index (χ0n) is 8.19. The van der Waals surface area contributed by atoms with Crippen molar-refractivity contribution in [1.29, 1.82) is 0 Å². The second-order valence-corrected chi connectivity index (χ2v) is 4.95. The Balaban J connectivity index is 3.06. The number of sulfonamides is 1. The van der Waals surface area contributed by atoms with Crippen molar-refractivity contribution in [3.8, 4) is 0 Å². The number of benzene rings is 1. The highest BCUT2D eigenvalue weighted by atomic mass is 32.2. The van der Waals surface area contributed by atoms with Gasteiger partial charge in [0.1, 0.15) is 0 Å². The lowest BCUT2D eigenvalue weighted by Gasteiger charge is -2.06. The molecule has 0 bridgehead atoms. The molecule has 0 aliphatic carbocycles. The van der Waals surface area contributed by atoms with Crippen LogP contribution in [0.25, 0.3) is 0 Å². The van der Waals surface area contributed by atoms with Crippen LogP contribution in [-0.4, -0.2) is 15.5 Å². The normalized spacial score (nSPS) is 13.9. The van der Waals surface area contributed by atoms with Crippen LogP contribution in [0.15, 0.2) is 29.2 Å². The summed E-state index contributed by atoms with van der Waals surface area (Å²) >= 11 is 0. The van der Waals surface area contributed by atoms with E-state index in [-0.39, 0.29) is 10.9 Å². The molecule has 4 nitrogen and oxygen atoms in total. The maximum absolute atomic E-state index is 11.3. The SMILES string of the molecule is CNS(=O)(=O)c1ccc([C@H](C)N)cc1. The molecule has 1 rings (SSSR count). The van der Waals surface area contributed by atoms with Gasteiger partial charge in [0.25, 0.3) is 0 Å². The Morgan fingerprint density at radius 1 is 1.29 bits per heavy atom. The van der Waals surface area contributed by atoms with Crippen molar-refractivity contribution < 1.29 is 8.42 Å². The summed E-state index contributed by atoms with van der Waals surface area (Å²) in [5, 5.41) is 0. The molecular formula is C9H14N2O2S. The Labute approximate surface area is 84.2 Å². The minimum absolute atomic E-state index is 0.0821. The second-order valence-electron chi connectivity index (χ2n) is 3.07. The van der Waals surface area contributed by atoms with E-state index in [9.17, 15) is 8.42 Å². The van der Waals surface area contributed by atoms with Gasteiger partial charge in [-0.15, -0.1) is 0 Å². The fraction of sp³-hybridized carbons (Fsp3) is 0.333. The van der Waals surface area contributed by atoms with Crippen molar-refractivity contribution in [3.05, 3.63) is 29.8 Å². The van der Waals surface area contributed by atoms with Crippen LogP contribution in [0.1, 0.15) is 18.5 Å². The van der Waals surface area contributed by atoms with Crippen molar-refractivity contribution in [2.24, 2.45) is 5.73 Å². The molecule has 0 aliphatic heterocycles. The van der Waals surface area contributed by atoms with Gasteiger partial charge in [0, 0.05) is 6.04 Å². The van der Waals surface area contributed by atoms with Crippen molar-refractivity contribution in [2.45, 2.75) is 17.9 Å². The van der Waals surface area contributed by atoms with Gasteiger partial charge in [-0.05, 0) is 31.7 Å². The van der Waals surface area contributed by atoms with Gasteiger partial charge in [-0.3, -0.25) is 0 Å². The molecule has 3 N–H and O–H groups in total. The van der Waals surface area contributed by atoms with Gasteiger partial charge in [-0.25, -0.2) is 13.1 Å². The number of nitrogens with two attached hydrogens (primary N) is 1. The van der Waals surface area contributed by atoms with E-state index in [1.54, 1.807) is 24.3 Å². The predicted molar refractivity (Wildman–Crippen MR) is 55.3 cm³/mol. The summed E-state index contributed by atoms with van der Waals surface area (Å²) in [6, 6.07) is 6.44. The van der Waals surface area contributed by atoms with E-state index < -0.39 is 10.0 Å². The maximum atomic E-state index is 11.3. The zero-order chi connectivity index (χ0) is 10.8. The van der Waals surface area contributed by atoms with Crippen molar-refractivity contribution in [3.63, 3.8) is 0 Å². The monoisotopic (exact) mass is 214 g/mol. The molecule has 78 valence electrons. The Morgan fingerprint density at radius 2 is 1.79 bits per heavy atom. The van der Waals surface area contributed by atoms with Gasteiger partial charge >= 0.3 is 0 Å². The summed E-state index contributed by atoms with van der Waals surface area (Å²) in [5.41, 5.74) is 6.56. The minimum Gasteiger partial charge on any atom is -0.324 e. The van der Waals surface area contributed by atoms with Gasteiger partial charge < -0.3 is 5.73 Å². The molecule has 0 amide bonds. The number of nitrogens with one attached hydrogen (secondary N) is 1. The number of hydrogen-bond donors (Lipinski definition) is 2. The lowest BCUT2D eigenvalue weighted by atomic mass is 10.1. The summed E-state index contributed by atoms with van der Waals surface area (Å²) in [6.07, 6.45) is 0. The van der Waals surface area contributed by atoms with E-state index in [0.29, 0.717) is 0 Å². The molecule has 0 spiro atoms. The lowest BCUT2D eigenvalue weighted by molar-refractivity contribution is 0.588. The van der Waals surface area contributed by atoms with E-state index in [0.717, 1.165) is 5.56 Å². The van der Waals surface area contributed by atoms with E-state index in [1.807, 2.05) is 6.92 Å². The molecular weight excluding hydrogens is 200 g/mol. The fourth-order valence-electron chi connectivity index (χ4n) is 1.07. The van der Waals surface area contributed by atoms with E-state index >= 15 is 0 Å². The summed E-state index contributed by atoms with van der Waals surface area (Å²) < 4.78 is 24.9. The summed E-state index contributed by atoms with van der Waals surface area (Å²) in [4.78, 5) is 0.254. The first-order valence-electron chi connectivity index (χ1n) is 4.26. The Kier molecular flexibility index (Phi) is 3.25. The van der Waals surface area contributed by atoms with Crippen molar-refractivity contribution >= 4 is 10.0 Å². The van der Waals surface area contributed by atoms with Crippen LogP contribution >= 0.6 is 0 Å². The highest BCUT2D eigenvalue weighted by molar-refractivity contribution is 7.89. The standard InChI is InChI=1S/C9H14N2O2S/c1-7(10)8-3-5-9(6-4-8)14(12,13)11-2/h3-7,11H,10H2,1-2H3/t7-/m0/s1. The molecule has 1 aromatic carbocycles. The van der Waals surface area contributed by atoms with Gasteiger partial charge in [-0.2, -0.15) is 0 Å². The number of hydrogen-bond acceptors (Lipinski definition) is 3. The molecule has 0 unspecified atom stereocenters. The molecule has 0 radical (unpaired) electrons.